The maximum Gasteiger partial charge on any atom is 0.251 e. The van der Waals surface area contributed by atoms with Crippen LogP contribution in [0.1, 0.15) is 16.8 Å². The average molecular weight is 369 g/mol. The maximum absolute atomic E-state index is 12.7. The molecule has 0 spiro atoms. The lowest BCUT2D eigenvalue weighted by atomic mass is 10.2. The molecule has 1 aliphatic rings. The number of likely N-dealkylation sites (N-methyl/N-ethyl adjacent to an activating group) is 1. The number of hydrogen-bond donors (Lipinski definition) is 1. The van der Waals surface area contributed by atoms with Crippen LogP contribution in [0.2, 0.25) is 0 Å². The Morgan fingerprint density at radius 3 is 2.28 bits per heavy atom. The van der Waals surface area contributed by atoms with Crippen LogP contribution in [-0.4, -0.2) is 88.8 Å². The van der Waals surface area contributed by atoms with Gasteiger partial charge in [-0.25, -0.2) is 8.42 Å². The van der Waals surface area contributed by atoms with E-state index >= 15 is 0 Å². The predicted molar refractivity (Wildman–Crippen MR) is 98.2 cm³/mol. The number of rotatable bonds is 7. The summed E-state index contributed by atoms with van der Waals surface area (Å²) in [5.41, 5.74) is 0.474. The number of amides is 1. The first-order valence-electron chi connectivity index (χ1n) is 8.52. The zero-order valence-corrected chi connectivity index (χ0v) is 16.1. The Kier molecular flexibility index (Phi) is 6.95. The van der Waals surface area contributed by atoms with E-state index in [0.717, 1.165) is 26.1 Å². The van der Waals surface area contributed by atoms with E-state index in [-0.39, 0.29) is 10.8 Å². The van der Waals surface area contributed by atoms with Crippen LogP contribution in [0, 0.1) is 0 Å². The topological polar surface area (TPSA) is 73.0 Å². The summed E-state index contributed by atoms with van der Waals surface area (Å²) in [6, 6.07) is 6.18. The zero-order valence-electron chi connectivity index (χ0n) is 15.2. The SMILES string of the molecule is CN(C)CCCNC(=O)c1ccc(S(=O)(=O)N2CCN(C)CC2)cc1. The van der Waals surface area contributed by atoms with E-state index in [1.54, 1.807) is 12.1 Å². The van der Waals surface area contributed by atoms with E-state index in [0.29, 0.717) is 25.2 Å². The number of sulfonamides is 1. The molecule has 7 nitrogen and oxygen atoms in total. The molecule has 1 saturated heterocycles. The van der Waals surface area contributed by atoms with E-state index in [2.05, 4.69) is 15.1 Å². The van der Waals surface area contributed by atoms with Crippen LogP contribution in [-0.2, 0) is 10.0 Å². The van der Waals surface area contributed by atoms with Gasteiger partial charge in [-0.2, -0.15) is 4.31 Å². The Balaban J connectivity index is 1.95. The minimum atomic E-state index is -3.49. The number of carbonyl (C=O) groups is 1. The van der Waals surface area contributed by atoms with E-state index in [9.17, 15) is 13.2 Å². The molecule has 140 valence electrons. The number of nitrogens with one attached hydrogen (secondary N) is 1. The molecule has 0 aliphatic carbocycles. The van der Waals surface area contributed by atoms with Gasteiger partial charge in [0.15, 0.2) is 0 Å². The second-order valence-electron chi connectivity index (χ2n) is 6.64. The van der Waals surface area contributed by atoms with Gasteiger partial charge < -0.3 is 15.1 Å². The lowest BCUT2D eigenvalue weighted by Gasteiger charge is -2.31. The first kappa shape index (κ1) is 19.8. The van der Waals surface area contributed by atoms with Gasteiger partial charge in [-0.3, -0.25) is 4.79 Å². The third kappa shape index (κ3) is 5.50. The average Bonchev–Trinajstić information content (AvgIpc) is 2.59. The normalized spacial score (nSPS) is 17.0. The molecule has 0 saturated carbocycles. The molecule has 1 fully saturated rings. The summed E-state index contributed by atoms with van der Waals surface area (Å²) in [6.07, 6.45) is 0.870. The lowest BCUT2D eigenvalue weighted by Crippen LogP contribution is -2.47. The van der Waals surface area contributed by atoms with Crippen LogP contribution in [0.15, 0.2) is 29.2 Å². The van der Waals surface area contributed by atoms with Crippen molar-refractivity contribution in [3.8, 4) is 0 Å². The van der Waals surface area contributed by atoms with Crippen molar-refractivity contribution >= 4 is 15.9 Å². The highest BCUT2D eigenvalue weighted by atomic mass is 32.2. The summed E-state index contributed by atoms with van der Waals surface area (Å²) in [4.78, 5) is 16.5. The highest BCUT2D eigenvalue weighted by Crippen LogP contribution is 2.18. The highest BCUT2D eigenvalue weighted by Gasteiger charge is 2.27. The number of hydrogen-bond acceptors (Lipinski definition) is 5. The van der Waals surface area contributed by atoms with Crippen molar-refractivity contribution in [2.45, 2.75) is 11.3 Å². The van der Waals surface area contributed by atoms with Gasteiger partial charge in [-0.15, -0.1) is 0 Å². The van der Waals surface area contributed by atoms with Crippen molar-refractivity contribution in [1.29, 1.82) is 0 Å². The van der Waals surface area contributed by atoms with E-state index in [4.69, 9.17) is 0 Å². The molecule has 2 rings (SSSR count). The lowest BCUT2D eigenvalue weighted by molar-refractivity contribution is 0.0952. The molecule has 0 unspecified atom stereocenters. The standard InChI is InChI=1S/C17H28N4O3S/c1-19(2)10-4-9-18-17(22)15-5-7-16(8-6-15)25(23,24)21-13-11-20(3)12-14-21/h5-8H,4,9-14H2,1-3H3,(H,18,22). The highest BCUT2D eigenvalue weighted by molar-refractivity contribution is 7.89. The van der Waals surface area contributed by atoms with Crippen molar-refractivity contribution in [2.24, 2.45) is 0 Å². The van der Waals surface area contributed by atoms with E-state index < -0.39 is 10.0 Å². The van der Waals surface area contributed by atoms with Gasteiger partial charge >= 0.3 is 0 Å². The van der Waals surface area contributed by atoms with E-state index in [1.165, 1.54) is 16.4 Å². The Morgan fingerprint density at radius 1 is 1.12 bits per heavy atom. The van der Waals surface area contributed by atoms with Crippen molar-refractivity contribution in [1.82, 2.24) is 19.4 Å². The van der Waals surface area contributed by atoms with Gasteiger partial charge in [-0.1, -0.05) is 0 Å². The fourth-order valence-corrected chi connectivity index (χ4v) is 4.08. The monoisotopic (exact) mass is 368 g/mol. The first-order valence-corrected chi connectivity index (χ1v) is 9.96. The summed E-state index contributed by atoms with van der Waals surface area (Å²) in [6.45, 7) is 3.94. The molecule has 0 bridgehead atoms. The third-order valence-electron chi connectivity index (χ3n) is 4.28. The molecule has 8 heteroatoms. The summed E-state index contributed by atoms with van der Waals surface area (Å²) < 4.78 is 26.8. The second-order valence-corrected chi connectivity index (χ2v) is 8.58. The van der Waals surface area contributed by atoms with E-state index in [1.807, 2.05) is 21.1 Å². The summed E-state index contributed by atoms with van der Waals surface area (Å²) in [7, 11) is 2.47. The van der Waals surface area contributed by atoms with Gasteiger partial charge in [0.1, 0.15) is 0 Å². The molecule has 1 aliphatic heterocycles. The quantitative estimate of drug-likeness (QED) is 0.701. The maximum atomic E-state index is 12.7. The van der Waals surface area contributed by atoms with Gasteiger partial charge in [0.25, 0.3) is 5.91 Å². The molecule has 1 amide bonds. The number of carbonyl (C=O) groups excluding carboxylic acids is 1. The fourth-order valence-electron chi connectivity index (χ4n) is 2.66. The van der Waals surface area contributed by atoms with Crippen LogP contribution < -0.4 is 5.32 Å². The van der Waals surface area contributed by atoms with Gasteiger partial charge in [0, 0.05) is 38.3 Å². The Hall–Kier alpha value is -1.48. The van der Waals surface area contributed by atoms with Gasteiger partial charge in [-0.05, 0) is 58.4 Å². The molecule has 25 heavy (non-hydrogen) atoms. The number of benzene rings is 1. The molecule has 0 aromatic heterocycles. The Morgan fingerprint density at radius 2 is 1.72 bits per heavy atom. The van der Waals surface area contributed by atoms with Crippen molar-refractivity contribution in [3.63, 3.8) is 0 Å². The Bertz CT molecular complexity index is 666. The summed E-state index contributed by atoms with van der Waals surface area (Å²) in [5, 5.41) is 2.85. The summed E-state index contributed by atoms with van der Waals surface area (Å²) in [5.74, 6) is -0.178. The van der Waals surface area contributed by atoms with Gasteiger partial charge in [0.2, 0.25) is 10.0 Å². The predicted octanol–water partition coefficient (Wildman–Crippen LogP) is 0.304. The summed E-state index contributed by atoms with van der Waals surface area (Å²) >= 11 is 0. The van der Waals surface area contributed by atoms with Crippen LogP contribution in [0.25, 0.3) is 0 Å². The smallest absolute Gasteiger partial charge is 0.251 e. The molecule has 0 atom stereocenters. The fraction of sp³-hybridized carbons (Fsp3) is 0.588. The Labute approximate surface area is 150 Å². The second kappa shape index (κ2) is 8.75. The molecule has 1 aromatic carbocycles. The van der Waals surface area contributed by atoms with Crippen molar-refractivity contribution in [2.75, 3.05) is 60.4 Å². The van der Waals surface area contributed by atoms with Crippen LogP contribution >= 0.6 is 0 Å². The van der Waals surface area contributed by atoms with Gasteiger partial charge in [0.05, 0.1) is 4.90 Å². The molecular weight excluding hydrogens is 340 g/mol. The molecule has 1 heterocycles. The molecule has 1 N–H and O–H groups in total. The number of piperazine rings is 1. The minimum Gasteiger partial charge on any atom is -0.352 e. The minimum absolute atomic E-state index is 0.178. The van der Waals surface area contributed by atoms with Crippen molar-refractivity contribution in [3.05, 3.63) is 29.8 Å². The molecular formula is C17H28N4O3S. The largest absolute Gasteiger partial charge is 0.352 e. The number of nitrogens with zero attached hydrogens (tertiary/aromatic N) is 3. The third-order valence-corrected chi connectivity index (χ3v) is 6.20. The molecule has 1 aromatic rings. The van der Waals surface area contributed by atoms with Crippen molar-refractivity contribution < 1.29 is 13.2 Å². The molecule has 0 radical (unpaired) electrons. The van der Waals surface area contributed by atoms with Crippen LogP contribution in [0.5, 0.6) is 0 Å². The van der Waals surface area contributed by atoms with Crippen LogP contribution in [0.4, 0.5) is 0 Å². The van der Waals surface area contributed by atoms with Crippen LogP contribution in [0.3, 0.4) is 0 Å². The first-order chi connectivity index (χ1) is 11.8. The zero-order chi connectivity index (χ0) is 18.4.